The van der Waals surface area contributed by atoms with Gasteiger partial charge in [-0.15, -0.1) is 0 Å². The second-order valence-electron chi connectivity index (χ2n) is 9.78. The summed E-state index contributed by atoms with van der Waals surface area (Å²) in [6, 6.07) is 4.28. The van der Waals surface area contributed by atoms with Gasteiger partial charge in [0.05, 0.1) is 43.3 Å². The minimum atomic E-state index is -3.73. The molecule has 0 saturated carbocycles. The number of hydrogen-bond donors (Lipinski definition) is 1. The molecule has 2 aromatic rings. The smallest absolute Gasteiger partial charge is 0.442 e. The van der Waals surface area contributed by atoms with Gasteiger partial charge in [0.25, 0.3) is 0 Å². The number of halogens is 1. The summed E-state index contributed by atoms with van der Waals surface area (Å²) >= 11 is 0. The minimum Gasteiger partial charge on any atom is -0.442 e. The molecule has 4 aliphatic heterocycles. The summed E-state index contributed by atoms with van der Waals surface area (Å²) in [6.45, 7) is 2.62. The van der Waals surface area contributed by atoms with E-state index in [-0.39, 0.29) is 18.8 Å². The fourth-order valence-electron chi connectivity index (χ4n) is 4.85. The van der Waals surface area contributed by atoms with Crippen molar-refractivity contribution in [2.45, 2.75) is 44.5 Å². The number of anilines is 2. The van der Waals surface area contributed by atoms with Crippen LogP contribution >= 0.6 is 7.60 Å². The lowest BCUT2D eigenvalue weighted by molar-refractivity contribution is -0.579. The number of aromatic nitrogens is 2. The number of nitrogens with zero attached hydrogens (tertiary/aromatic N) is 5. The minimum absolute atomic E-state index is 0.127. The lowest BCUT2D eigenvalue weighted by atomic mass is 10.2. The highest BCUT2D eigenvalue weighted by atomic mass is 31.2. The summed E-state index contributed by atoms with van der Waals surface area (Å²) in [5.41, 5.74) is 0.122. The number of amides is 3. The molecule has 42 heavy (non-hydrogen) atoms. The standard InChI is InChI=1S/C23H25FN5O12P/c1-4-35-39-22(38-33,23-40-42(23,34)41-23)37-21(32)28(13(2)30)10-16-11-29(20(31)36-16)15-5-6-19(17(24)7-15)27-9-14-8-26(3)25-18(14)12-27/h5-8,16,33H,4,9-12H2,1-3H3/t16-,22?,23?,42?/m0/s1. The maximum Gasteiger partial charge on any atom is 0.454 e. The Bertz CT molecular complexity index is 1490. The molecule has 3 saturated heterocycles. The molecule has 1 aromatic heterocycles. The Morgan fingerprint density at radius 1 is 1.33 bits per heavy atom. The van der Waals surface area contributed by atoms with Crippen molar-refractivity contribution in [3.05, 3.63) is 41.5 Å². The van der Waals surface area contributed by atoms with Crippen LogP contribution in [-0.2, 0) is 62.7 Å². The number of carbonyl (C=O) groups is 3. The van der Waals surface area contributed by atoms with Gasteiger partial charge in [-0.05, 0) is 25.1 Å². The average Bonchev–Trinajstić information content (AvgIpc) is 3.40. The van der Waals surface area contributed by atoms with Crippen LogP contribution in [0.3, 0.4) is 0 Å². The molecule has 0 aliphatic carbocycles. The van der Waals surface area contributed by atoms with E-state index in [2.05, 4.69) is 14.9 Å². The molecule has 3 amide bonds. The van der Waals surface area contributed by atoms with Crippen LogP contribution in [0.25, 0.3) is 0 Å². The highest BCUT2D eigenvalue weighted by Crippen LogP contribution is 3.00. The molecule has 0 bridgehead atoms. The van der Waals surface area contributed by atoms with Gasteiger partial charge >= 0.3 is 31.3 Å². The van der Waals surface area contributed by atoms with Crippen LogP contribution in [0.4, 0.5) is 25.4 Å². The molecular formula is C23H25FN5O12P. The summed E-state index contributed by atoms with van der Waals surface area (Å²) in [5.74, 6) is -4.40. The summed E-state index contributed by atoms with van der Waals surface area (Å²) < 4.78 is 48.9. The monoisotopic (exact) mass is 613 g/mol. The zero-order valence-electron chi connectivity index (χ0n) is 22.4. The summed E-state index contributed by atoms with van der Waals surface area (Å²) in [7, 11) is -1.92. The molecule has 17 nitrogen and oxygen atoms in total. The van der Waals surface area contributed by atoms with E-state index in [1.54, 1.807) is 16.8 Å². The normalized spacial score (nSPS) is 26.8. The van der Waals surface area contributed by atoms with Gasteiger partial charge in [0.2, 0.25) is 5.91 Å². The van der Waals surface area contributed by atoms with Crippen molar-refractivity contribution in [3.63, 3.8) is 0 Å². The zero-order chi connectivity index (χ0) is 30.0. The van der Waals surface area contributed by atoms with Crippen molar-refractivity contribution < 1.29 is 61.8 Å². The molecule has 2 atom stereocenters. The van der Waals surface area contributed by atoms with E-state index in [1.807, 2.05) is 18.1 Å². The Balaban J connectivity index is 1.12. The zero-order valence-corrected chi connectivity index (χ0v) is 23.3. The van der Waals surface area contributed by atoms with Crippen LogP contribution < -0.4 is 9.80 Å². The number of cyclic esters (lactones) is 1. The number of rotatable bonds is 10. The quantitative estimate of drug-likeness (QED) is 0.135. The summed E-state index contributed by atoms with van der Waals surface area (Å²) in [6.07, 6.45) is -1.49. The lowest BCUT2D eigenvalue weighted by Crippen LogP contribution is -2.53. The summed E-state index contributed by atoms with van der Waals surface area (Å²) in [5, 5.41) is 13.8. The first-order valence-electron chi connectivity index (χ1n) is 12.6. The van der Waals surface area contributed by atoms with Crippen molar-refractivity contribution in [3.8, 4) is 0 Å². The van der Waals surface area contributed by atoms with E-state index < -0.39 is 55.7 Å². The lowest BCUT2D eigenvalue weighted by Gasteiger charge is -2.29. The summed E-state index contributed by atoms with van der Waals surface area (Å²) in [4.78, 5) is 55.1. The van der Waals surface area contributed by atoms with Crippen LogP contribution in [0.2, 0.25) is 0 Å². The molecule has 6 rings (SSSR count). The molecule has 5 heterocycles. The first-order chi connectivity index (χ1) is 19.9. The highest BCUT2D eigenvalue weighted by Gasteiger charge is 3.04. The molecule has 226 valence electrons. The molecule has 0 radical (unpaired) electrons. The molecular weight excluding hydrogens is 588 g/mol. The van der Waals surface area contributed by atoms with E-state index >= 15 is 4.39 Å². The maximum atomic E-state index is 15.2. The average molecular weight is 613 g/mol. The second kappa shape index (κ2) is 9.98. The van der Waals surface area contributed by atoms with Gasteiger partial charge < -0.3 is 14.4 Å². The van der Waals surface area contributed by atoms with Gasteiger partial charge in [-0.2, -0.15) is 14.9 Å². The Labute approximate surface area is 236 Å². The third-order valence-corrected chi connectivity index (χ3v) is 8.78. The Kier molecular flexibility index (Phi) is 6.76. The topological polar surface area (TPSA) is 187 Å². The number of carbonyl (C=O) groups excluding carboxylic acids is 3. The number of hydrogen-bond acceptors (Lipinski definition) is 14. The van der Waals surface area contributed by atoms with Crippen molar-refractivity contribution >= 4 is 37.1 Å². The van der Waals surface area contributed by atoms with Crippen LogP contribution in [-0.4, -0.2) is 75.3 Å². The van der Waals surface area contributed by atoms with E-state index in [9.17, 15) is 24.2 Å². The van der Waals surface area contributed by atoms with Crippen molar-refractivity contribution in [1.82, 2.24) is 14.7 Å². The van der Waals surface area contributed by atoms with Gasteiger partial charge in [-0.1, -0.05) is 0 Å². The molecule has 4 aliphatic rings. The predicted molar refractivity (Wildman–Crippen MR) is 133 cm³/mol. The Morgan fingerprint density at radius 2 is 2.07 bits per heavy atom. The fraction of sp³-hybridized carbons (Fsp3) is 0.478. The molecule has 0 spiro atoms. The van der Waals surface area contributed by atoms with Crippen LogP contribution in [0, 0.1) is 5.82 Å². The Hall–Kier alpha value is -3.64. The van der Waals surface area contributed by atoms with Gasteiger partial charge in [-0.25, -0.2) is 29.0 Å². The van der Waals surface area contributed by atoms with Gasteiger partial charge in [0.1, 0.15) is 11.9 Å². The van der Waals surface area contributed by atoms with Crippen molar-refractivity contribution in [1.29, 1.82) is 0 Å². The molecule has 3 fully saturated rings. The predicted octanol–water partition coefficient (Wildman–Crippen LogP) is 2.41. The van der Waals surface area contributed by atoms with E-state index in [1.165, 1.54) is 13.0 Å². The number of ether oxygens (including phenoxy) is 2. The SMILES string of the molecule is CCOOC(OO)(OC(=O)N(C[C@H]1CN(c2ccc(N3Cc4cn(C)nc4C3)c(F)c2)C(=O)O1)C(C)=O)C12OP1(=O)O2. The number of benzene rings is 1. The molecule has 1 N–H and O–H groups in total. The van der Waals surface area contributed by atoms with Gasteiger partial charge in [0, 0.05) is 32.3 Å². The molecule has 19 heteroatoms. The van der Waals surface area contributed by atoms with E-state index in [4.69, 9.17) is 23.4 Å². The molecule has 1 unspecified atom stereocenters. The molecule has 1 aromatic carbocycles. The first-order valence-corrected chi connectivity index (χ1v) is 14.2. The van der Waals surface area contributed by atoms with Gasteiger partial charge in [-0.3, -0.25) is 28.0 Å². The van der Waals surface area contributed by atoms with Crippen LogP contribution in [0.1, 0.15) is 25.1 Å². The number of fused-ring (bicyclic) bond motifs is 2. The third-order valence-electron chi connectivity index (χ3n) is 6.94. The van der Waals surface area contributed by atoms with Crippen molar-refractivity contribution in [2.75, 3.05) is 29.5 Å². The van der Waals surface area contributed by atoms with Crippen LogP contribution in [0.5, 0.6) is 0 Å². The largest absolute Gasteiger partial charge is 0.454 e. The number of aryl methyl sites for hydroxylation is 1. The fourth-order valence-corrected chi connectivity index (χ4v) is 6.51. The Morgan fingerprint density at radius 3 is 2.67 bits per heavy atom. The maximum absolute atomic E-state index is 15.2. The number of imide groups is 1. The highest BCUT2D eigenvalue weighted by molar-refractivity contribution is 7.68. The second-order valence-corrected chi connectivity index (χ2v) is 11.7. The van der Waals surface area contributed by atoms with Gasteiger partial charge in [0.15, 0.2) is 0 Å². The van der Waals surface area contributed by atoms with Crippen LogP contribution in [0.15, 0.2) is 24.4 Å². The van der Waals surface area contributed by atoms with E-state index in [0.29, 0.717) is 23.7 Å². The third kappa shape index (κ3) is 4.51. The first kappa shape index (κ1) is 28.5. The van der Waals surface area contributed by atoms with Crippen molar-refractivity contribution in [2.24, 2.45) is 7.05 Å². The van der Waals surface area contributed by atoms with E-state index in [0.717, 1.165) is 23.1 Å².